The smallest absolute Gasteiger partial charge is 0.349 e. The number of aryl methyl sites for hydroxylation is 1. The molecule has 3 aromatic carbocycles. The Hall–Kier alpha value is -3.86. The fraction of sp³-hybridized carbons (Fsp3) is 0.120. The van der Waals surface area contributed by atoms with Gasteiger partial charge in [-0.05, 0) is 48.7 Å². The number of carbonyl (C=O) groups is 1. The number of benzene rings is 3. The predicted octanol–water partition coefficient (Wildman–Crippen LogP) is 5.06. The van der Waals surface area contributed by atoms with Crippen LogP contribution >= 0.6 is 0 Å². The van der Waals surface area contributed by atoms with Crippen molar-refractivity contribution in [1.29, 1.82) is 0 Å². The zero-order valence-electron chi connectivity index (χ0n) is 16.7. The second kappa shape index (κ2) is 8.25. The highest BCUT2D eigenvalue weighted by Crippen LogP contribution is 2.24. The molecule has 0 aliphatic carbocycles. The van der Waals surface area contributed by atoms with E-state index >= 15 is 0 Å². The maximum atomic E-state index is 12.8. The fourth-order valence-corrected chi connectivity index (χ4v) is 3.17. The molecule has 0 radical (unpaired) electrons. The van der Waals surface area contributed by atoms with Crippen LogP contribution in [-0.2, 0) is 4.79 Å². The lowest BCUT2D eigenvalue weighted by molar-refractivity contribution is -0.136. The first-order valence-electron chi connectivity index (χ1n) is 9.53. The Morgan fingerprint density at radius 1 is 0.967 bits per heavy atom. The number of hydrogen-bond donors (Lipinski definition) is 0. The number of hydrogen-bond acceptors (Lipinski definition) is 5. The number of carbonyl (C=O) groups excluding carboxylic acids is 1. The summed E-state index contributed by atoms with van der Waals surface area (Å²) in [5, 5.41) is 0.419. The molecule has 0 N–H and O–H groups in total. The lowest BCUT2D eigenvalue weighted by atomic mass is 10.1. The first kappa shape index (κ1) is 19.5. The quantitative estimate of drug-likeness (QED) is 0.346. The van der Waals surface area contributed by atoms with Gasteiger partial charge in [0.25, 0.3) is 0 Å². The minimum absolute atomic E-state index is 0.140. The molecular formula is C25H20O5. The topological polar surface area (TPSA) is 65.7 Å². The van der Waals surface area contributed by atoms with E-state index in [2.05, 4.69) is 0 Å². The van der Waals surface area contributed by atoms with Crippen LogP contribution in [0.1, 0.15) is 11.1 Å². The van der Waals surface area contributed by atoms with Crippen molar-refractivity contribution >= 4 is 16.9 Å². The highest BCUT2D eigenvalue weighted by Gasteiger charge is 2.12. The van der Waals surface area contributed by atoms with Crippen LogP contribution in [0.25, 0.3) is 22.1 Å². The summed E-state index contributed by atoms with van der Waals surface area (Å²) in [7, 11) is 0. The van der Waals surface area contributed by atoms with E-state index in [0.29, 0.717) is 22.3 Å². The molecule has 30 heavy (non-hydrogen) atoms. The van der Waals surface area contributed by atoms with Crippen LogP contribution < -0.4 is 14.9 Å². The van der Waals surface area contributed by atoms with Crippen LogP contribution in [0, 0.1) is 13.8 Å². The van der Waals surface area contributed by atoms with Gasteiger partial charge in [-0.15, -0.1) is 0 Å². The average Bonchev–Trinajstić information content (AvgIpc) is 2.75. The van der Waals surface area contributed by atoms with Crippen molar-refractivity contribution in [2.24, 2.45) is 0 Å². The van der Waals surface area contributed by atoms with Crippen molar-refractivity contribution in [1.82, 2.24) is 0 Å². The molecule has 0 unspecified atom stereocenters. The molecule has 4 rings (SSSR count). The van der Waals surface area contributed by atoms with E-state index in [-0.39, 0.29) is 17.8 Å². The third kappa shape index (κ3) is 3.96. The molecule has 1 heterocycles. The molecule has 0 atom stereocenters. The maximum absolute atomic E-state index is 12.8. The monoisotopic (exact) mass is 400 g/mol. The average molecular weight is 400 g/mol. The lowest BCUT2D eigenvalue weighted by Gasteiger charge is -2.10. The lowest BCUT2D eigenvalue weighted by Crippen LogP contribution is -2.18. The van der Waals surface area contributed by atoms with Crippen LogP contribution in [0.4, 0.5) is 0 Å². The van der Waals surface area contributed by atoms with E-state index in [1.807, 2.05) is 62.4 Å². The Morgan fingerprint density at radius 3 is 2.57 bits per heavy atom. The molecule has 1 aromatic heterocycles. The highest BCUT2D eigenvalue weighted by atomic mass is 16.6. The largest absolute Gasteiger partial charge is 0.482 e. The molecule has 0 fully saturated rings. The fourth-order valence-electron chi connectivity index (χ4n) is 3.17. The van der Waals surface area contributed by atoms with Gasteiger partial charge < -0.3 is 13.9 Å². The third-order valence-corrected chi connectivity index (χ3v) is 4.96. The minimum Gasteiger partial charge on any atom is -0.482 e. The van der Waals surface area contributed by atoms with Gasteiger partial charge in [0.2, 0.25) is 0 Å². The molecule has 5 heteroatoms. The SMILES string of the molecule is Cc1cccc(OCC(=O)Oc2ccc3c(=O)c(-c4ccccc4)coc3c2)c1C. The molecule has 0 amide bonds. The zero-order valence-corrected chi connectivity index (χ0v) is 16.7. The molecule has 0 spiro atoms. The number of fused-ring (bicyclic) bond motifs is 1. The molecule has 0 bridgehead atoms. The van der Waals surface area contributed by atoms with Gasteiger partial charge in [0.1, 0.15) is 23.3 Å². The summed E-state index contributed by atoms with van der Waals surface area (Å²) < 4.78 is 16.6. The molecule has 0 aliphatic heterocycles. The van der Waals surface area contributed by atoms with Gasteiger partial charge in [-0.2, -0.15) is 0 Å². The summed E-state index contributed by atoms with van der Waals surface area (Å²) in [5.74, 6) is 0.385. The second-order valence-corrected chi connectivity index (χ2v) is 6.96. The van der Waals surface area contributed by atoms with Crippen molar-refractivity contribution in [3.8, 4) is 22.6 Å². The molecular weight excluding hydrogens is 380 g/mol. The Morgan fingerprint density at radius 2 is 1.77 bits per heavy atom. The van der Waals surface area contributed by atoms with Crippen LogP contribution in [0.15, 0.2) is 82.2 Å². The first-order valence-corrected chi connectivity index (χ1v) is 9.53. The minimum atomic E-state index is -0.543. The summed E-state index contributed by atoms with van der Waals surface area (Å²) in [5.41, 5.74) is 3.54. The molecule has 0 saturated heterocycles. The summed E-state index contributed by atoms with van der Waals surface area (Å²) in [4.78, 5) is 25.0. The number of ether oxygens (including phenoxy) is 2. The standard InChI is InChI=1S/C25H20O5/c1-16-7-6-10-22(17(16)2)29-15-24(26)30-19-11-12-20-23(13-19)28-14-21(25(20)27)18-8-4-3-5-9-18/h3-14H,15H2,1-2H3. The highest BCUT2D eigenvalue weighted by molar-refractivity contribution is 5.83. The van der Waals surface area contributed by atoms with E-state index in [4.69, 9.17) is 13.9 Å². The Kier molecular flexibility index (Phi) is 5.35. The van der Waals surface area contributed by atoms with Crippen molar-refractivity contribution in [3.63, 3.8) is 0 Å². The van der Waals surface area contributed by atoms with E-state index in [1.54, 1.807) is 12.1 Å². The van der Waals surface area contributed by atoms with Gasteiger partial charge in [-0.25, -0.2) is 4.79 Å². The van der Waals surface area contributed by atoms with E-state index in [0.717, 1.165) is 16.7 Å². The molecule has 150 valence electrons. The Labute approximate surface area is 173 Å². The molecule has 5 nitrogen and oxygen atoms in total. The van der Waals surface area contributed by atoms with Gasteiger partial charge in [0.05, 0.1) is 10.9 Å². The van der Waals surface area contributed by atoms with Gasteiger partial charge in [-0.1, -0.05) is 42.5 Å². The van der Waals surface area contributed by atoms with Gasteiger partial charge in [0.15, 0.2) is 12.0 Å². The van der Waals surface area contributed by atoms with Crippen molar-refractivity contribution in [2.75, 3.05) is 6.61 Å². The Bertz CT molecular complexity index is 1270. The maximum Gasteiger partial charge on any atom is 0.349 e. The van der Waals surface area contributed by atoms with Gasteiger partial charge in [-0.3, -0.25) is 4.79 Å². The van der Waals surface area contributed by atoms with Crippen molar-refractivity contribution in [3.05, 3.63) is 94.3 Å². The van der Waals surface area contributed by atoms with E-state index in [9.17, 15) is 9.59 Å². The number of esters is 1. The molecule has 4 aromatic rings. The van der Waals surface area contributed by atoms with E-state index in [1.165, 1.54) is 12.3 Å². The summed E-state index contributed by atoms with van der Waals surface area (Å²) >= 11 is 0. The first-order chi connectivity index (χ1) is 14.5. The van der Waals surface area contributed by atoms with E-state index < -0.39 is 5.97 Å². The van der Waals surface area contributed by atoms with Crippen LogP contribution in [0.3, 0.4) is 0 Å². The molecule has 0 saturated carbocycles. The Balaban J connectivity index is 1.50. The normalized spacial score (nSPS) is 10.7. The van der Waals surface area contributed by atoms with Crippen LogP contribution in [-0.4, -0.2) is 12.6 Å². The second-order valence-electron chi connectivity index (χ2n) is 6.96. The van der Waals surface area contributed by atoms with Crippen LogP contribution in [0.5, 0.6) is 11.5 Å². The van der Waals surface area contributed by atoms with Crippen LogP contribution in [0.2, 0.25) is 0 Å². The zero-order chi connectivity index (χ0) is 21.1. The molecule has 0 aliphatic rings. The summed E-state index contributed by atoms with van der Waals surface area (Å²) in [6, 6.07) is 19.7. The summed E-state index contributed by atoms with van der Waals surface area (Å²) in [6.07, 6.45) is 1.43. The van der Waals surface area contributed by atoms with Crippen molar-refractivity contribution < 1.29 is 18.7 Å². The van der Waals surface area contributed by atoms with Gasteiger partial charge in [0, 0.05) is 6.07 Å². The third-order valence-electron chi connectivity index (χ3n) is 4.96. The van der Waals surface area contributed by atoms with Gasteiger partial charge >= 0.3 is 5.97 Å². The summed E-state index contributed by atoms with van der Waals surface area (Å²) in [6.45, 7) is 3.69. The van der Waals surface area contributed by atoms with Crippen molar-refractivity contribution in [2.45, 2.75) is 13.8 Å². The number of rotatable bonds is 5. The predicted molar refractivity (Wildman–Crippen MR) is 115 cm³/mol.